The second kappa shape index (κ2) is 7.58. The summed E-state index contributed by atoms with van der Waals surface area (Å²) >= 11 is 3.63. The van der Waals surface area contributed by atoms with Crippen LogP contribution in [0.1, 0.15) is 19.4 Å². The van der Waals surface area contributed by atoms with Gasteiger partial charge in [0.2, 0.25) is 5.90 Å². The van der Waals surface area contributed by atoms with Gasteiger partial charge in [-0.2, -0.15) is 0 Å². The first-order valence-electron chi connectivity index (χ1n) is 8.96. The molecule has 0 N–H and O–H groups in total. The minimum absolute atomic E-state index is 0.183. The molecule has 0 bridgehead atoms. The van der Waals surface area contributed by atoms with E-state index in [0.29, 0.717) is 6.61 Å². The van der Waals surface area contributed by atoms with Crippen molar-refractivity contribution >= 4 is 45.7 Å². The first-order chi connectivity index (χ1) is 13.0. The Morgan fingerprint density at radius 3 is 2.00 bits per heavy atom. The van der Waals surface area contributed by atoms with E-state index in [-0.39, 0.29) is 5.54 Å². The average molecular weight is 438 g/mol. The Morgan fingerprint density at radius 2 is 1.48 bits per heavy atom. The normalized spacial score (nSPS) is 15.5. The van der Waals surface area contributed by atoms with Gasteiger partial charge in [-0.05, 0) is 49.8 Å². The van der Waals surface area contributed by atoms with E-state index in [9.17, 15) is 0 Å². The highest BCUT2D eigenvalue weighted by Gasteiger charge is 2.30. The summed E-state index contributed by atoms with van der Waals surface area (Å²) in [6.45, 7) is 4.83. The SMILES string of the molecule is CC1(C)COC(c2cc(Br)ccc2P(c2ccccc2)c2ccccc2)=N1. The van der Waals surface area contributed by atoms with Crippen molar-refractivity contribution in [2.24, 2.45) is 4.99 Å². The fourth-order valence-corrected chi connectivity index (χ4v) is 5.96. The van der Waals surface area contributed by atoms with Crippen LogP contribution in [0.3, 0.4) is 0 Å². The minimum Gasteiger partial charge on any atom is -0.475 e. The van der Waals surface area contributed by atoms with Gasteiger partial charge in [-0.15, -0.1) is 0 Å². The van der Waals surface area contributed by atoms with Crippen LogP contribution in [0.15, 0.2) is 88.3 Å². The molecule has 27 heavy (non-hydrogen) atoms. The van der Waals surface area contributed by atoms with Crippen molar-refractivity contribution in [1.82, 2.24) is 0 Å². The van der Waals surface area contributed by atoms with Crippen molar-refractivity contribution in [2.45, 2.75) is 19.4 Å². The Bertz CT molecular complexity index is 931. The monoisotopic (exact) mass is 437 g/mol. The summed E-state index contributed by atoms with van der Waals surface area (Å²) in [5, 5.41) is 3.90. The van der Waals surface area contributed by atoms with E-state index < -0.39 is 7.92 Å². The molecule has 136 valence electrons. The molecule has 4 rings (SSSR count). The van der Waals surface area contributed by atoms with Gasteiger partial charge in [0.1, 0.15) is 6.61 Å². The maximum Gasteiger partial charge on any atom is 0.217 e. The molecule has 1 heterocycles. The summed E-state index contributed by atoms with van der Waals surface area (Å²) in [5.74, 6) is 0.746. The molecule has 0 spiro atoms. The second-order valence-electron chi connectivity index (χ2n) is 7.19. The molecule has 4 heteroatoms. The molecule has 0 aromatic heterocycles. The molecule has 2 nitrogen and oxygen atoms in total. The van der Waals surface area contributed by atoms with Crippen molar-refractivity contribution in [3.8, 4) is 0 Å². The van der Waals surface area contributed by atoms with Gasteiger partial charge in [0.25, 0.3) is 0 Å². The fraction of sp³-hybridized carbons (Fsp3) is 0.174. The Hall–Kier alpha value is -1.96. The lowest BCUT2D eigenvalue weighted by molar-refractivity contribution is 0.279. The molecule has 0 amide bonds. The fourth-order valence-electron chi connectivity index (χ4n) is 3.18. The smallest absolute Gasteiger partial charge is 0.217 e. The van der Waals surface area contributed by atoms with Gasteiger partial charge in [0, 0.05) is 10.0 Å². The molecule has 3 aromatic rings. The van der Waals surface area contributed by atoms with Crippen LogP contribution in [0.25, 0.3) is 0 Å². The quantitative estimate of drug-likeness (QED) is 0.539. The van der Waals surface area contributed by atoms with Gasteiger partial charge in [-0.25, -0.2) is 4.99 Å². The second-order valence-corrected chi connectivity index (χ2v) is 10.3. The maximum absolute atomic E-state index is 6.01. The highest BCUT2D eigenvalue weighted by atomic mass is 79.9. The third kappa shape index (κ3) is 4.00. The lowest BCUT2D eigenvalue weighted by Gasteiger charge is -2.22. The van der Waals surface area contributed by atoms with E-state index in [1.165, 1.54) is 15.9 Å². The molecule has 0 saturated heterocycles. The van der Waals surface area contributed by atoms with Gasteiger partial charge < -0.3 is 4.74 Å². The Kier molecular flexibility index (Phi) is 5.16. The van der Waals surface area contributed by atoms with Crippen LogP contribution in [0, 0.1) is 0 Å². The van der Waals surface area contributed by atoms with Crippen LogP contribution >= 0.6 is 23.9 Å². The lowest BCUT2D eigenvalue weighted by Crippen LogP contribution is -2.25. The third-order valence-electron chi connectivity index (χ3n) is 4.43. The summed E-state index contributed by atoms with van der Waals surface area (Å²) in [5.41, 5.74) is 0.894. The van der Waals surface area contributed by atoms with Crippen LogP contribution in [-0.2, 0) is 4.74 Å². The van der Waals surface area contributed by atoms with Crippen LogP contribution < -0.4 is 15.9 Å². The van der Waals surface area contributed by atoms with Gasteiger partial charge >= 0.3 is 0 Å². The number of ether oxygens (including phenoxy) is 1. The molecule has 3 aromatic carbocycles. The summed E-state index contributed by atoms with van der Waals surface area (Å²) in [7, 11) is -0.708. The number of benzene rings is 3. The summed E-state index contributed by atoms with van der Waals surface area (Å²) in [4.78, 5) is 4.85. The van der Waals surface area contributed by atoms with Crippen LogP contribution in [-0.4, -0.2) is 18.0 Å². The first-order valence-corrected chi connectivity index (χ1v) is 11.1. The minimum atomic E-state index is -0.708. The van der Waals surface area contributed by atoms with Crippen molar-refractivity contribution in [2.75, 3.05) is 6.61 Å². The molecule has 0 unspecified atom stereocenters. The van der Waals surface area contributed by atoms with Gasteiger partial charge in [0.15, 0.2) is 0 Å². The van der Waals surface area contributed by atoms with Crippen LogP contribution in [0.4, 0.5) is 0 Å². The number of nitrogens with zero attached hydrogens (tertiary/aromatic N) is 1. The Balaban J connectivity index is 1.91. The van der Waals surface area contributed by atoms with Crippen LogP contribution in [0.2, 0.25) is 0 Å². The van der Waals surface area contributed by atoms with E-state index in [4.69, 9.17) is 9.73 Å². The molecule has 0 radical (unpaired) electrons. The Morgan fingerprint density at radius 1 is 0.889 bits per heavy atom. The van der Waals surface area contributed by atoms with E-state index in [1.807, 2.05) is 0 Å². The molecule has 1 aliphatic rings. The Labute approximate surface area is 170 Å². The van der Waals surface area contributed by atoms with E-state index >= 15 is 0 Å². The molecule has 0 fully saturated rings. The number of halogens is 1. The molecular weight excluding hydrogens is 417 g/mol. The maximum atomic E-state index is 6.01. The summed E-state index contributed by atoms with van der Waals surface area (Å²) < 4.78 is 7.05. The van der Waals surface area contributed by atoms with Crippen molar-refractivity contribution in [3.63, 3.8) is 0 Å². The molecule has 0 aliphatic carbocycles. The zero-order valence-electron chi connectivity index (χ0n) is 15.4. The van der Waals surface area contributed by atoms with Crippen molar-refractivity contribution < 1.29 is 4.74 Å². The number of hydrogen-bond acceptors (Lipinski definition) is 2. The van der Waals surface area contributed by atoms with Crippen molar-refractivity contribution in [3.05, 3.63) is 88.9 Å². The average Bonchev–Trinajstić information content (AvgIpc) is 3.05. The first kappa shape index (κ1) is 18.4. The number of rotatable bonds is 4. The lowest BCUT2D eigenvalue weighted by atomic mass is 10.1. The molecule has 0 saturated carbocycles. The zero-order valence-corrected chi connectivity index (χ0v) is 17.9. The predicted molar refractivity (Wildman–Crippen MR) is 119 cm³/mol. The molecule has 1 aliphatic heterocycles. The van der Waals surface area contributed by atoms with Gasteiger partial charge in [-0.1, -0.05) is 82.7 Å². The van der Waals surface area contributed by atoms with Gasteiger partial charge in [-0.3, -0.25) is 0 Å². The zero-order chi connectivity index (χ0) is 18.9. The summed E-state index contributed by atoms with van der Waals surface area (Å²) in [6, 6.07) is 27.9. The molecule has 0 atom stereocenters. The van der Waals surface area contributed by atoms with Gasteiger partial charge in [0.05, 0.1) is 5.54 Å². The molecular formula is C23H21BrNOP. The number of aliphatic imine (C=N–C) groups is 1. The van der Waals surface area contributed by atoms with Crippen LogP contribution in [0.5, 0.6) is 0 Å². The van der Waals surface area contributed by atoms with E-state index in [1.54, 1.807) is 0 Å². The standard InChI is InChI=1S/C23H21BrNOP/c1-23(2)16-26-22(25-23)20-15-17(24)13-14-21(20)27(18-9-5-3-6-10-18)19-11-7-4-8-12-19/h3-15H,16H2,1-2H3. The topological polar surface area (TPSA) is 21.6 Å². The highest BCUT2D eigenvalue weighted by Crippen LogP contribution is 2.36. The third-order valence-corrected chi connectivity index (χ3v) is 7.42. The highest BCUT2D eigenvalue weighted by molar-refractivity contribution is 9.10. The van der Waals surface area contributed by atoms with E-state index in [0.717, 1.165) is 15.9 Å². The van der Waals surface area contributed by atoms with Crippen molar-refractivity contribution in [1.29, 1.82) is 0 Å². The largest absolute Gasteiger partial charge is 0.475 e. The van der Waals surface area contributed by atoms with E-state index in [2.05, 4.69) is 109 Å². The summed E-state index contributed by atoms with van der Waals surface area (Å²) in [6.07, 6.45) is 0. The predicted octanol–water partition coefficient (Wildman–Crippen LogP) is 4.76. The number of hydrogen-bond donors (Lipinski definition) is 0.